The zero-order valence-electron chi connectivity index (χ0n) is 11.9. The first-order valence-corrected chi connectivity index (χ1v) is 7.25. The SMILES string of the molecule is Cc1cc(N2CCCN(CCCCN)CC2)ncn1. The van der Waals surface area contributed by atoms with Crippen molar-refractivity contribution in [2.75, 3.05) is 44.2 Å². The van der Waals surface area contributed by atoms with Crippen molar-refractivity contribution < 1.29 is 0 Å². The summed E-state index contributed by atoms with van der Waals surface area (Å²) in [6, 6.07) is 2.07. The molecule has 1 aliphatic heterocycles. The molecule has 2 rings (SSSR count). The molecule has 19 heavy (non-hydrogen) atoms. The zero-order valence-corrected chi connectivity index (χ0v) is 11.9. The number of rotatable bonds is 5. The summed E-state index contributed by atoms with van der Waals surface area (Å²) in [5, 5.41) is 0. The summed E-state index contributed by atoms with van der Waals surface area (Å²) in [4.78, 5) is 13.5. The minimum absolute atomic E-state index is 0.806. The molecule has 0 amide bonds. The maximum Gasteiger partial charge on any atom is 0.132 e. The van der Waals surface area contributed by atoms with Gasteiger partial charge in [-0.05, 0) is 45.8 Å². The molecule has 0 unspecified atom stereocenters. The summed E-state index contributed by atoms with van der Waals surface area (Å²) >= 11 is 0. The van der Waals surface area contributed by atoms with E-state index in [-0.39, 0.29) is 0 Å². The molecule has 1 aromatic heterocycles. The van der Waals surface area contributed by atoms with Gasteiger partial charge in [-0.3, -0.25) is 0 Å². The number of nitrogens with zero attached hydrogens (tertiary/aromatic N) is 4. The van der Waals surface area contributed by atoms with Crippen molar-refractivity contribution >= 4 is 5.82 Å². The van der Waals surface area contributed by atoms with Crippen LogP contribution in [0.4, 0.5) is 5.82 Å². The Hall–Kier alpha value is -1.20. The molecule has 5 nitrogen and oxygen atoms in total. The lowest BCUT2D eigenvalue weighted by molar-refractivity contribution is 0.288. The van der Waals surface area contributed by atoms with Crippen LogP contribution in [-0.2, 0) is 0 Å². The smallest absolute Gasteiger partial charge is 0.132 e. The van der Waals surface area contributed by atoms with Gasteiger partial charge in [-0.2, -0.15) is 0 Å². The number of hydrogen-bond donors (Lipinski definition) is 1. The average molecular weight is 263 g/mol. The molecule has 0 spiro atoms. The first-order chi connectivity index (χ1) is 9.29. The van der Waals surface area contributed by atoms with Crippen molar-refractivity contribution in [2.45, 2.75) is 26.2 Å². The molecule has 0 bridgehead atoms. The third kappa shape index (κ3) is 4.44. The summed E-state index contributed by atoms with van der Waals surface area (Å²) in [5.74, 6) is 1.07. The van der Waals surface area contributed by atoms with Gasteiger partial charge in [-0.15, -0.1) is 0 Å². The summed E-state index contributed by atoms with van der Waals surface area (Å²) in [7, 11) is 0. The molecule has 1 aromatic rings. The number of unbranched alkanes of at least 4 members (excludes halogenated alkanes) is 1. The molecule has 0 aromatic carbocycles. The molecule has 1 aliphatic rings. The van der Waals surface area contributed by atoms with E-state index in [4.69, 9.17) is 5.73 Å². The highest BCUT2D eigenvalue weighted by Crippen LogP contribution is 2.14. The van der Waals surface area contributed by atoms with Gasteiger partial charge >= 0.3 is 0 Å². The predicted molar refractivity (Wildman–Crippen MR) is 78.3 cm³/mol. The van der Waals surface area contributed by atoms with Crippen LogP contribution in [0.3, 0.4) is 0 Å². The Morgan fingerprint density at radius 3 is 2.84 bits per heavy atom. The molecule has 0 aliphatic carbocycles. The minimum atomic E-state index is 0.806. The quantitative estimate of drug-likeness (QED) is 0.804. The van der Waals surface area contributed by atoms with Crippen molar-refractivity contribution in [3.8, 4) is 0 Å². The van der Waals surface area contributed by atoms with E-state index in [1.807, 2.05) is 6.92 Å². The average Bonchev–Trinajstić information content (AvgIpc) is 2.65. The highest BCUT2D eigenvalue weighted by Gasteiger charge is 2.15. The van der Waals surface area contributed by atoms with Crippen LogP contribution in [0.5, 0.6) is 0 Å². The molecule has 2 N–H and O–H groups in total. The zero-order chi connectivity index (χ0) is 13.5. The van der Waals surface area contributed by atoms with Gasteiger partial charge in [0.05, 0.1) is 0 Å². The second-order valence-corrected chi connectivity index (χ2v) is 5.20. The lowest BCUT2D eigenvalue weighted by Gasteiger charge is -2.22. The molecular weight excluding hydrogens is 238 g/mol. The van der Waals surface area contributed by atoms with Crippen LogP contribution in [0.15, 0.2) is 12.4 Å². The highest BCUT2D eigenvalue weighted by atomic mass is 15.2. The van der Waals surface area contributed by atoms with E-state index in [1.165, 1.54) is 25.9 Å². The number of aromatic nitrogens is 2. The van der Waals surface area contributed by atoms with Gasteiger partial charge < -0.3 is 15.5 Å². The van der Waals surface area contributed by atoms with Crippen molar-refractivity contribution in [3.05, 3.63) is 18.1 Å². The summed E-state index contributed by atoms with van der Waals surface area (Å²) < 4.78 is 0. The van der Waals surface area contributed by atoms with E-state index in [0.29, 0.717) is 0 Å². The van der Waals surface area contributed by atoms with Gasteiger partial charge in [0.1, 0.15) is 12.1 Å². The van der Waals surface area contributed by atoms with E-state index >= 15 is 0 Å². The largest absolute Gasteiger partial charge is 0.355 e. The Labute approximate surface area is 115 Å². The molecule has 0 radical (unpaired) electrons. The van der Waals surface area contributed by atoms with Crippen molar-refractivity contribution in [1.29, 1.82) is 0 Å². The Bertz CT molecular complexity index is 382. The number of anilines is 1. The van der Waals surface area contributed by atoms with Crippen LogP contribution in [-0.4, -0.2) is 54.1 Å². The molecule has 1 fully saturated rings. The second kappa shape index (κ2) is 7.40. The lowest BCUT2D eigenvalue weighted by Crippen LogP contribution is -2.32. The summed E-state index contributed by atoms with van der Waals surface area (Å²) in [6.45, 7) is 8.44. The van der Waals surface area contributed by atoms with Crippen molar-refractivity contribution in [1.82, 2.24) is 14.9 Å². The fourth-order valence-electron chi connectivity index (χ4n) is 2.52. The standard InChI is InChI=1S/C14H25N5/c1-13-11-14(17-12-16-13)19-8-4-7-18(9-10-19)6-3-2-5-15/h11-12H,2-10,15H2,1H3. The molecule has 0 atom stereocenters. The Morgan fingerprint density at radius 1 is 1.16 bits per heavy atom. The van der Waals surface area contributed by atoms with E-state index in [1.54, 1.807) is 6.33 Å². The Balaban J connectivity index is 1.86. The topological polar surface area (TPSA) is 58.3 Å². The Morgan fingerprint density at radius 2 is 2.05 bits per heavy atom. The van der Waals surface area contributed by atoms with Gasteiger partial charge in [0.2, 0.25) is 0 Å². The first-order valence-electron chi connectivity index (χ1n) is 7.25. The molecule has 106 valence electrons. The van der Waals surface area contributed by atoms with Crippen LogP contribution < -0.4 is 10.6 Å². The van der Waals surface area contributed by atoms with Crippen molar-refractivity contribution in [3.63, 3.8) is 0 Å². The minimum Gasteiger partial charge on any atom is -0.355 e. The molecule has 2 heterocycles. The molecular formula is C14H25N5. The summed E-state index contributed by atoms with van der Waals surface area (Å²) in [6.07, 6.45) is 5.20. The van der Waals surface area contributed by atoms with Gasteiger partial charge in [-0.25, -0.2) is 9.97 Å². The summed E-state index contributed by atoms with van der Waals surface area (Å²) in [5.41, 5.74) is 6.58. The first kappa shape index (κ1) is 14.2. The number of nitrogens with two attached hydrogens (primary N) is 1. The molecule has 1 saturated heterocycles. The van der Waals surface area contributed by atoms with E-state index in [0.717, 1.165) is 44.1 Å². The van der Waals surface area contributed by atoms with E-state index in [9.17, 15) is 0 Å². The third-order valence-corrected chi connectivity index (χ3v) is 3.63. The van der Waals surface area contributed by atoms with Crippen LogP contribution in [0.1, 0.15) is 25.0 Å². The lowest BCUT2D eigenvalue weighted by atomic mass is 10.3. The fourth-order valence-corrected chi connectivity index (χ4v) is 2.52. The number of aryl methyl sites for hydroxylation is 1. The van der Waals surface area contributed by atoms with E-state index < -0.39 is 0 Å². The highest BCUT2D eigenvalue weighted by molar-refractivity contribution is 5.38. The third-order valence-electron chi connectivity index (χ3n) is 3.63. The van der Waals surface area contributed by atoms with Crippen LogP contribution >= 0.6 is 0 Å². The monoisotopic (exact) mass is 263 g/mol. The molecule has 5 heteroatoms. The van der Waals surface area contributed by atoms with Gasteiger partial charge in [0.25, 0.3) is 0 Å². The van der Waals surface area contributed by atoms with Gasteiger partial charge in [0, 0.05) is 31.4 Å². The van der Waals surface area contributed by atoms with Gasteiger partial charge in [-0.1, -0.05) is 0 Å². The predicted octanol–water partition coefficient (Wildman–Crippen LogP) is 1.04. The maximum atomic E-state index is 5.55. The second-order valence-electron chi connectivity index (χ2n) is 5.20. The molecule has 0 saturated carbocycles. The Kier molecular flexibility index (Phi) is 5.54. The van der Waals surface area contributed by atoms with Gasteiger partial charge in [0.15, 0.2) is 0 Å². The van der Waals surface area contributed by atoms with Crippen LogP contribution in [0.25, 0.3) is 0 Å². The normalized spacial score (nSPS) is 17.5. The van der Waals surface area contributed by atoms with E-state index in [2.05, 4.69) is 25.8 Å². The van der Waals surface area contributed by atoms with Crippen molar-refractivity contribution in [2.24, 2.45) is 5.73 Å². The van der Waals surface area contributed by atoms with Crippen LogP contribution in [0, 0.1) is 6.92 Å². The fraction of sp³-hybridized carbons (Fsp3) is 0.714. The van der Waals surface area contributed by atoms with Crippen LogP contribution in [0.2, 0.25) is 0 Å². The maximum absolute atomic E-state index is 5.55. The number of hydrogen-bond acceptors (Lipinski definition) is 5.